The zero-order valence-corrected chi connectivity index (χ0v) is 14.1. The molecule has 0 radical (unpaired) electrons. The van der Waals surface area contributed by atoms with E-state index in [1.54, 1.807) is 25.3 Å². The molecule has 1 aromatic carbocycles. The van der Waals surface area contributed by atoms with Gasteiger partial charge in [-0.15, -0.1) is 0 Å². The van der Waals surface area contributed by atoms with Crippen LogP contribution in [0.15, 0.2) is 18.2 Å². The van der Waals surface area contributed by atoms with Gasteiger partial charge in [-0.25, -0.2) is 9.97 Å². The van der Waals surface area contributed by atoms with E-state index in [2.05, 4.69) is 15.3 Å². The van der Waals surface area contributed by atoms with Crippen molar-refractivity contribution < 1.29 is 19.4 Å². The third-order valence-corrected chi connectivity index (χ3v) is 4.49. The van der Waals surface area contributed by atoms with Crippen molar-refractivity contribution >= 4 is 28.6 Å². The Kier molecular flexibility index (Phi) is 4.73. The van der Waals surface area contributed by atoms with Crippen LogP contribution in [0.1, 0.15) is 13.3 Å². The van der Waals surface area contributed by atoms with Crippen LogP contribution in [0, 0.1) is 5.92 Å². The molecule has 1 aliphatic heterocycles. The predicted molar refractivity (Wildman–Crippen MR) is 88.7 cm³/mol. The maximum Gasteiger partial charge on any atom is 0.321 e. The molecule has 8 heteroatoms. The first kappa shape index (κ1) is 16.7. The molecule has 1 saturated heterocycles. The van der Waals surface area contributed by atoms with E-state index < -0.39 is 12.0 Å². The summed E-state index contributed by atoms with van der Waals surface area (Å²) in [5.74, 6) is -0.187. The van der Waals surface area contributed by atoms with Crippen molar-refractivity contribution in [2.45, 2.75) is 25.5 Å². The van der Waals surface area contributed by atoms with E-state index in [0.29, 0.717) is 29.7 Å². The van der Waals surface area contributed by atoms with Gasteiger partial charge in [-0.05, 0) is 18.6 Å². The zero-order chi connectivity index (χ0) is 17.3. The van der Waals surface area contributed by atoms with E-state index in [-0.39, 0.29) is 23.1 Å². The fourth-order valence-corrected chi connectivity index (χ4v) is 3.18. The van der Waals surface area contributed by atoms with Gasteiger partial charge >= 0.3 is 5.97 Å². The molecule has 24 heavy (non-hydrogen) atoms. The summed E-state index contributed by atoms with van der Waals surface area (Å²) < 4.78 is 11.1. The van der Waals surface area contributed by atoms with E-state index in [0.717, 1.165) is 0 Å². The Bertz CT molecular complexity index is 770. The number of fused-ring (bicyclic) bond motifs is 1. The summed E-state index contributed by atoms with van der Waals surface area (Å²) in [5.41, 5.74) is 1.23. The van der Waals surface area contributed by atoms with Crippen molar-refractivity contribution in [3.05, 3.63) is 23.4 Å². The summed E-state index contributed by atoms with van der Waals surface area (Å²) >= 11 is 6.18. The Labute approximate surface area is 144 Å². The number of benzene rings is 1. The Morgan fingerprint density at radius 2 is 2.21 bits per heavy atom. The second-order valence-corrected chi connectivity index (χ2v) is 5.98. The monoisotopic (exact) mass is 351 g/mol. The first-order valence-corrected chi connectivity index (χ1v) is 8.05. The summed E-state index contributed by atoms with van der Waals surface area (Å²) in [5, 5.41) is 12.4. The van der Waals surface area contributed by atoms with Crippen LogP contribution in [0.2, 0.25) is 5.15 Å². The first-order chi connectivity index (χ1) is 11.5. The van der Waals surface area contributed by atoms with Crippen LogP contribution in [0.5, 0.6) is 11.6 Å². The van der Waals surface area contributed by atoms with Crippen LogP contribution in [0.25, 0.3) is 11.0 Å². The van der Waals surface area contributed by atoms with Crippen LogP contribution in [0.3, 0.4) is 0 Å². The number of carbonyl (C=O) groups is 1. The average molecular weight is 352 g/mol. The maximum atomic E-state index is 11.3. The molecule has 2 N–H and O–H groups in total. The molecular weight excluding hydrogens is 334 g/mol. The van der Waals surface area contributed by atoms with Crippen molar-refractivity contribution in [2.75, 3.05) is 13.7 Å². The molecular formula is C16H18ClN3O4. The number of ether oxygens (including phenoxy) is 2. The molecule has 0 spiro atoms. The van der Waals surface area contributed by atoms with E-state index in [1.807, 2.05) is 6.92 Å². The molecule has 2 aromatic rings. The largest absolute Gasteiger partial charge is 0.497 e. The highest BCUT2D eigenvalue weighted by molar-refractivity contribution is 6.31. The Hall–Kier alpha value is -2.12. The average Bonchev–Trinajstić information content (AvgIpc) is 2.98. The summed E-state index contributed by atoms with van der Waals surface area (Å²) in [6.45, 7) is 2.35. The molecule has 0 saturated carbocycles. The highest BCUT2D eigenvalue weighted by Gasteiger charge is 2.40. The van der Waals surface area contributed by atoms with Gasteiger partial charge in [0.15, 0.2) is 5.15 Å². The zero-order valence-electron chi connectivity index (χ0n) is 13.3. The quantitative estimate of drug-likeness (QED) is 0.852. The number of nitrogens with one attached hydrogen (secondary N) is 1. The van der Waals surface area contributed by atoms with Gasteiger partial charge in [0.25, 0.3) is 5.88 Å². The Morgan fingerprint density at radius 1 is 1.42 bits per heavy atom. The van der Waals surface area contributed by atoms with Crippen LogP contribution in [0.4, 0.5) is 0 Å². The van der Waals surface area contributed by atoms with Gasteiger partial charge < -0.3 is 19.9 Å². The molecule has 0 aliphatic carbocycles. The molecule has 0 bridgehead atoms. The molecule has 3 atom stereocenters. The number of carboxylic acids is 1. The molecule has 7 nitrogen and oxygen atoms in total. The highest BCUT2D eigenvalue weighted by Crippen LogP contribution is 2.30. The second kappa shape index (κ2) is 6.78. The summed E-state index contributed by atoms with van der Waals surface area (Å²) in [6, 6.07) is 4.66. The van der Waals surface area contributed by atoms with Gasteiger partial charge in [0.05, 0.1) is 18.1 Å². The molecule has 128 valence electrons. The Balaban J connectivity index is 1.89. The third kappa shape index (κ3) is 3.09. The van der Waals surface area contributed by atoms with E-state index >= 15 is 0 Å². The van der Waals surface area contributed by atoms with Crippen molar-refractivity contribution in [1.29, 1.82) is 0 Å². The topological polar surface area (TPSA) is 93.6 Å². The lowest BCUT2D eigenvalue weighted by molar-refractivity contribution is -0.140. The minimum atomic E-state index is -0.881. The second-order valence-electron chi connectivity index (χ2n) is 5.63. The summed E-state index contributed by atoms with van der Waals surface area (Å²) in [7, 11) is 1.57. The van der Waals surface area contributed by atoms with E-state index in [4.69, 9.17) is 21.1 Å². The van der Waals surface area contributed by atoms with Crippen molar-refractivity contribution in [3.63, 3.8) is 0 Å². The van der Waals surface area contributed by atoms with Gasteiger partial charge in [-0.3, -0.25) is 4.79 Å². The van der Waals surface area contributed by atoms with Gasteiger partial charge in [-0.1, -0.05) is 18.5 Å². The Morgan fingerprint density at radius 3 is 2.88 bits per heavy atom. The van der Waals surface area contributed by atoms with Crippen molar-refractivity contribution in [3.8, 4) is 11.6 Å². The molecule has 0 unspecified atom stereocenters. The predicted octanol–water partition coefficient (Wildman–Crippen LogP) is 2.12. The number of hydrogen-bond acceptors (Lipinski definition) is 6. The van der Waals surface area contributed by atoms with Gasteiger partial charge in [0.2, 0.25) is 0 Å². The molecule has 3 rings (SSSR count). The fraction of sp³-hybridized carbons (Fsp3) is 0.438. The molecule has 1 aliphatic rings. The number of carboxylic acid groups (broad SMARTS) is 1. The van der Waals surface area contributed by atoms with Crippen molar-refractivity contribution in [1.82, 2.24) is 15.3 Å². The minimum absolute atomic E-state index is 0.154. The number of rotatable bonds is 5. The number of methoxy groups -OCH3 is 1. The van der Waals surface area contributed by atoms with Gasteiger partial charge in [0, 0.05) is 18.5 Å². The van der Waals surface area contributed by atoms with E-state index in [9.17, 15) is 9.90 Å². The minimum Gasteiger partial charge on any atom is -0.497 e. The smallest absolute Gasteiger partial charge is 0.321 e. The molecule has 2 heterocycles. The standard InChI is InChI=1S/C16H18ClN3O4/c1-3-9-12(7-18-13(9)16(21)22)24-15-14(17)19-10-5-4-8(23-2)6-11(10)20-15/h4-6,9,12-13,18H,3,7H2,1-2H3,(H,21,22)/t9-,12+,13+/m1/s1. The lowest BCUT2D eigenvalue weighted by Gasteiger charge is -2.21. The lowest BCUT2D eigenvalue weighted by Crippen LogP contribution is -2.36. The number of aliphatic carboxylic acids is 1. The SMILES string of the molecule is CC[C@@H]1[C@@H](Oc2nc3cc(OC)ccc3nc2Cl)CN[C@@H]1C(=O)O. The third-order valence-electron chi connectivity index (χ3n) is 4.24. The normalized spacial score (nSPS) is 23.4. The number of halogens is 1. The van der Waals surface area contributed by atoms with Crippen LogP contribution >= 0.6 is 11.6 Å². The van der Waals surface area contributed by atoms with Crippen LogP contribution < -0.4 is 14.8 Å². The number of hydrogen-bond donors (Lipinski definition) is 2. The summed E-state index contributed by atoms with van der Waals surface area (Å²) in [4.78, 5) is 20.0. The lowest BCUT2D eigenvalue weighted by atomic mass is 9.95. The highest BCUT2D eigenvalue weighted by atomic mass is 35.5. The van der Waals surface area contributed by atoms with Gasteiger partial charge in [0.1, 0.15) is 17.9 Å². The molecule has 1 fully saturated rings. The number of aromatic nitrogens is 2. The summed E-state index contributed by atoms with van der Waals surface area (Å²) in [6.07, 6.45) is 0.340. The van der Waals surface area contributed by atoms with Gasteiger partial charge in [-0.2, -0.15) is 0 Å². The fourth-order valence-electron chi connectivity index (χ4n) is 3.00. The molecule has 0 amide bonds. The number of nitrogens with zero attached hydrogens (tertiary/aromatic N) is 2. The van der Waals surface area contributed by atoms with Crippen molar-refractivity contribution in [2.24, 2.45) is 5.92 Å². The van der Waals surface area contributed by atoms with E-state index in [1.165, 1.54) is 0 Å². The van der Waals surface area contributed by atoms with Crippen LogP contribution in [-0.2, 0) is 4.79 Å². The van der Waals surface area contributed by atoms with Crippen LogP contribution in [-0.4, -0.2) is 46.8 Å². The molecule has 1 aromatic heterocycles. The first-order valence-electron chi connectivity index (χ1n) is 7.67. The maximum absolute atomic E-state index is 11.3.